The molecule has 0 unspecified atom stereocenters. The number of amides is 1. The van der Waals surface area contributed by atoms with Gasteiger partial charge in [0.05, 0.1) is 5.75 Å². The molecule has 1 amide bonds. The summed E-state index contributed by atoms with van der Waals surface area (Å²) in [5.41, 5.74) is 0. The molecule has 0 bridgehead atoms. The minimum atomic E-state index is -0.122. The van der Waals surface area contributed by atoms with Crippen LogP contribution >= 0.6 is 39.0 Å². The van der Waals surface area contributed by atoms with Crippen LogP contribution in [-0.4, -0.2) is 31.4 Å². The highest BCUT2D eigenvalue weighted by atomic mass is 79.9. The molecule has 0 saturated carbocycles. The molecular weight excluding hydrogens is 438 g/mol. The fourth-order valence-corrected chi connectivity index (χ4v) is 3.73. The molecule has 3 rings (SSSR count). The number of aromatic nitrogens is 4. The van der Waals surface area contributed by atoms with Crippen molar-refractivity contribution < 1.29 is 9.53 Å². The van der Waals surface area contributed by atoms with E-state index < -0.39 is 0 Å². The molecule has 10 heteroatoms. The Labute approximate surface area is 167 Å². The molecule has 1 N–H and O–H groups in total. The topological polar surface area (TPSA) is 81.9 Å². The van der Waals surface area contributed by atoms with Crippen molar-refractivity contribution in [3.05, 3.63) is 46.1 Å². The molecule has 0 spiro atoms. The number of thiazole rings is 1. The van der Waals surface area contributed by atoms with E-state index in [9.17, 15) is 4.79 Å². The summed E-state index contributed by atoms with van der Waals surface area (Å²) in [6.45, 7) is 3.02. The molecule has 0 saturated heterocycles. The van der Waals surface area contributed by atoms with Crippen LogP contribution in [0.1, 0.15) is 12.7 Å². The Morgan fingerprint density at radius 2 is 2.15 bits per heavy atom. The van der Waals surface area contributed by atoms with Gasteiger partial charge >= 0.3 is 0 Å². The molecule has 2 heterocycles. The highest BCUT2D eigenvalue weighted by Gasteiger charge is 2.14. The Balaban J connectivity index is 1.56. The van der Waals surface area contributed by atoms with Crippen LogP contribution in [0, 0.1) is 0 Å². The fraction of sp³-hybridized carbons (Fsp3) is 0.250. The number of hydrogen-bond donors (Lipinski definition) is 1. The number of nitrogens with zero attached hydrogens (tertiary/aromatic N) is 4. The molecule has 0 radical (unpaired) electrons. The first-order chi connectivity index (χ1) is 12.7. The third-order valence-corrected chi connectivity index (χ3v) is 5.49. The van der Waals surface area contributed by atoms with Gasteiger partial charge in [-0.25, -0.2) is 4.98 Å². The molecule has 0 fully saturated rings. The fourth-order valence-electron chi connectivity index (χ4n) is 2.10. The van der Waals surface area contributed by atoms with Crippen molar-refractivity contribution in [3.8, 4) is 5.75 Å². The highest BCUT2D eigenvalue weighted by Crippen LogP contribution is 2.20. The third kappa shape index (κ3) is 5.05. The number of anilines is 1. The minimum Gasteiger partial charge on any atom is -0.486 e. The lowest BCUT2D eigenvalue weighted by Gasteiger charge is -2.09. The van der Waals surface area contributed by atoms with Gasteiger partial charge in [0.25, 0.3) is 0 Å². The number of rotatable bonds is 8. The van der Waals surface area contributed by atoms with E-state index in [-0.39, 0.29) is 11.7 Å². The van der Waals surface area contributed by atoms with Gasteiger partial charge in [-0.2, -0.15) is 0 Å². The Hall–Kier alpha value is -1.91. The lowest BCUT2D eigenvalue weighted by atomic mass is 10.3. The first kappa shape index (κ1) is 18.9. The smallest absolute Gasteiger partial charge is 0.236 e. The molecule has 26 heavy (non-hydrogen) atoms. The summed E-state index contributed by atoms with van der Waals surface area (Å²) < 4.78 is 8.70. The monoisotopic (exact) mass is 453 g/mol. The molecule has 0 aliphatic carbocycles. The maximum absolute atomic E-state index is 12.0. The molecule has 7 nitrogen and oxygen atoms in total. The van der Waals surface area contributed by atoms with Gasteiger partial charge in [-0.3, -0.25) is 4.79 Å². The average molecular weight is 454 g/mol. The molecule has 3 aromatic rings. The van der Waals surface area contributed by atoms with Crippen LogP contribution < -0.4 is 10.1 Å². The van der Waals surface area contributed by atoms with Crippen molar-refractivity contribution in [2.45, 2.75) is 25.2 Å². The summed E-state index contributed by atoms with van der Waals surface area (Å²) in [4.78, 5) is 16.0. The van der Waals surface area contributed by atoms with E-state index in [0.717, 1.165) is 16.0 Å². The first-order valence-electron chi connectivity index (χ1n) is 7.78. The quantitative estimate of drug-likeness (QED) is 0.521. The summed E-state index contributed by atoms with van der Waals surface area (Å²) in [6.07, 6.45) is 1.65. The van der Waals surface area contributed by atoms with Crippen molar-refractivity contribution in [3.63, 3.8) is 0 Å². The van der Waals surface area contributed by atoms with E-state index in [4.69, 9.17) is 4.74 Å². The number of carbonyl (C=O) groups excluding carboxylic acids is 1. The third-order valence-electron chi connectivity index (χ3n) is 3.30. The number of carbonyl (C=O) groups is 1. The van der Waals surface area contributed by atoms with Gasteiger partial charge < -0.3 is 14.6 Å². The van der Waals surface area contributed by atoms with Crippen molar-refractivity contribution in [2.75, 3.05) is 11.1 Å². The highest BCUT2D eigenvalue weighted by molar-refractivity contribution is 9.10. The lowest BCUT2D eigenvalue weighted by molar-refractivity contribution is -0.113. The normalized spacial score (nSPS) is 10.7. The Bertz CT molecular complexity index is 852. The summed E-state index contributed by atoms with van der Waals surface area (Å²) in [6, 6.07) is 7.61. The van der Waals surface area contributed by atoms with E-state index in [2.05, 4.69) is 36.4 Å². The maximum Gasteiger partial charge on any atom is 0.236 e. The Morgan fingerprint density at radius 1 is 1.35 bits per heavy atom. The van der Waals surface area contributed by atoms with Crippen LogP contribution in [0.3, 0.4) is 0 Å². The van der Waals surface area contributed by atoms with Crippen LogP contribution in [0.5, 0.6) is 5.75 Å². The number of benzene rings is 1. The second-order valence-electron chi connectivity index (χ2n) is 5.06. The van der Waals surface area contributed by atoms with Crippen LogP contribution in [0.4, 0.5) is 5.13 Å². The Kier molecular flexibility index (Phi) is 6.64. The molecule has 136 valence electrons. The standard InChI is InChI=1S/C16H16BrN5O2S2/c1-2-22-13(9-24-12-5-3-11(17)4-6-12)20-21-16(22)26-10-14(23)19-15-18-7-8-25-15/h3-8H,2,9-10H2,1H3,(H,18,19,23). The SMILES string of the molecule is CCn1c(COc2ccc(Br)cc2)nnc1SCC(=O)Nc1nccs1. The van der Waals surface area contributed by atoms with Crippen molar-refractivity contribution in [1.82, 2.24) is 19.7 Å². The van der Waals surface area contributed by atoms with E-state index in [0.29, 0.717) is 23.4 Å². The number of halogens is 1. The molecular formula is C16H16BrN5O2S2. The van der Waals surface area contributed by atoms with E-state index in [1.165, 1.54) is 23.1 Å². The van der Waals surface area contributed by atoms with Crippen molar-refractivity contribution in [2.24, 2.45) is 0 Å². The van der Waals surface area contributed by atoms with E-state index in [1.807, 2.05) is 41.1 Å². The van der Waals surface area contributed by atoms with Crippen LogP contribution in [0.25, 0.3) is 0 Å². The number of thioether (sulfide) groups is 1. The Morgan fingerprint density at radius 3 is 2.85 bits per heavy atom. The van der Waals surface area contributed by atoms with Crippen molar-refractivity contribution >= 4 is 50.1 Å². The minimum absolute atomic E-state index is 0.122. The predicted molar refractivity (Wildman–Crippen MR) is 106 cm³/mol. The summed E-state index contributed by atoms with van der Waals surface area (Å²) in [5, 5.41) is 14.2. The van der Waals surface area contributed by atoms with Crippen LogP contribution in [-0.2, 0) is 17.9 Å². The van der Waals surface area contributed by atoms with E-state index >= 15 is 0 Å². The maximum atomic E-state index is 12.0. The number of nitrogens with one attached hydrogen (secondary N) is 1. The number of ether oxygens (including phenoxy) is 1. The molecule has 0 aliphatic heterocycles. The summed E-state index contributed by atoms with van der Waals surface area (Å²) in [7, 11) is 0. The van der Waals surface area contributed by atoms with Gasteiger partial charge in [0, 0.05) is 22.6 Å². The second kappa shape index (κ2) is 9.15. The molecule has 0 aliphatic rings. The first-order valence-corrected chi connectivity index (χ1v) is 10.4. The summed E-state index contributed by atoms with van der Waals surface area (Å²) in [5.74, 6) is 1.60. The lowest BCUT2D eigenvalue weighted by Crippen LogP contribution is -2.14. The largest absolute Gasteiger partial charge is 0.486 e. The van der Waals surface area contributed by atoms with Gasteiger partial charge in [0.1, 0.15) is 12.4 Å². The van der Waals surface area contributed by atoms with Gasteiger partial charge in [-0.1, -0.05) is 27.7 Å². The van der Waals surface area contributed by atoms with Gasteiger partial charge in [0.2, 0.25) is 5.91 Å². The summed E-state index contributed by atoms with van der Waals surface area (Å²) >= 11 is 6.12. The zero-order chi connectivity index (χ0) is 18.4. The van der Waals surface area contributed by atoms with Crippen molar-refractivity contribution in [1.29, 1.82) is 0 Å². The van der Waals surface area contributed by atoms with Gasteiger partial charge in [-0.05, 0) is 31.2 Å². The van der Waals surface area contributed by atoms with Gasteiger partial charge in [0.15, 0.2) is 16.1 Å². The van der Waals surface area contributed by atoms with Gasteiger partial charge in [-0.15, -0.1) is 21.5 Å². The zero-order valence-corrected chi connectivity index (χ0v) is 17.1. The van der Waals surface area contributed by atoms with Crippen LogP contribution in [0.2, 0.25) is 0 Å². The second-order valence-corrected chi connectivity index (χ2v) is 7.81. The molecule has 2 aromatic heterocycles. The molecule has 0 atom stereocenters. The zero-order valence-electron chi connectivity index (χ0n) is 13.9. The van der Waals surface area contributed by atoms with Crippen LogP contribution in [0.15, 0.2) is 45.5 Å². The number of hydrogen-bond acceptors (Lipinski definition) is 7. The van der Waals surface area contributed by atoms with E-state index in [1.54, 1.807) is 6.20 Å². The average Bonchev–Trinajstić information content (AvgIpc) is 3.28. The predicted octanol–water partition coefficient (Wildman–Crippen LogP) is 3.83. The molecule has 1 aromatic carbocycles.